The van der Waals surface area contributed by atoms with Gasteiger partial charge in [0.1, 0.15) is 11.5 Å². The van der Waals surface area contributed by atoms with E-state index in [1.807, 2.05) is 0 Å². The quantitative estimate of drug-likeness (QED) is 0.0729. The molecule has 0 unspecified atom stereocenters. The van der Waals surface area contributed by atoms with Crippen LogP contribution in [0.2, 0.25) is 0 Å². The summed E-state index contributed by atoms with van der Waals surface area (Å²) in [5, 5.41) is 28.4. The second kappa shape index (κ2) is 23.0. The third kappa shape index (κ3) is 15.2. The Morgan fingerprint density at radius 2 is 0.957 bits per heavy atom. The second-order valence-corrected chi connectivity index (χ2v) is 12.0. The van der Waals surface area contributed by atoms with Gasteiger partial charge in [0.05, 0.1) is 0 Å². The van der Waals surface area contributed by atoms with E-state index in [0.29, 0.717) is 11.1 Å². The smallest absolute Gasteiger partial charge is 0.243 e. The summed E-state index contributed by atoms with van der Waals surface area (Å²) in [4.78, 5) is 8.68. The van der Waals surface area contributed by atoms with Gasteiger partial charge in [-0.1, -0.05) is 127 Å². The standard InChI is InChI=1S/C40H52N4O3/c1-3-5-7-9-11-13-15-17-19-21-23-33-25-27-37(45)35(29-33)31-41-39-40(44-47-43-39)42-32-36-30-34(26-28-38(36)46)24-22-20-18-16-14-12-10-8-6-4-2/h25-32,45-46H,3-20H2,1-2H3. The van der Waals surface area contributed by atoms with Crippen molar-refractivity contribution in [2.75, 3.05) is 0 Å². The van der Waals surface area contributed by atoms with Gasteiger partial charge in [-0.25, -0.2) is 14.6 Å². The molecule has 2 N–H and O–H groups in total. The number of nitrogens with zero attached hydrogens (tertiary/aromatic N) is 4. The zero-order chi connectivity index (χ0) is 33.4. The molecule has 0 atom stereocenters. The molecule has 3 aromatic rings. The molecule has 1 heterocycles. The van der Waals surface area contributed by atoms with E-state index in [-0.39, 0.29) is 23.1 Å². The molecule has 0 spiro atoms. The number of benzene rings is 2. The van der Waals surface area contributed by atoms with Crippen LogP contribution in [-0.2, 0) is 0 Å². The summed E-state index contributed by atoms with van der Waals surface area (Å²) in [5.74, 6) is 13.3. The van der Waals surface area contributed by atoms with Gasteiger partial charge in [0.25, 0.3) is 0 Å². The molecule has 7 nitrogen and oxygen atoms in total. The molecular weight excluding hydrogens is 584 g/mol. The average molecular weight is 637 g/mol. The third-order valence-electron chi connectivity index (χ3n) is 7.94. The van der Waals surface area contributed by atoms with Crippen molar-refractivity contribution in [3.63, 3.8) is 0 Å². The minimum atomic E-state index is 0.0779. The molecule has 0 radical (unpaired) electrons. The topological polar surface area (TPSA) is 104 Å². The number of phenolic OH excluding ortho intramolecular Hbond substituents is 2. The molecule has 1 aromatic heterocycles. The highest BCUT2D eigenvalue weighted by molar-refractivity contribution is 5.88. The Morgan fingerprint density at radius 3 is 1.36 bits per heavy atom. The molecule has 0 saturated heterocycles. The first kappa shape index (κ1) is 37.1. The zero-order valence-corrected chi connectivity index (χ0v) is 28.4. The fourth-order valence-corrected chi connectivity index (χ4v) is 5.10. The summed E-state index contributed by atoms with van der Waals surface area (Å²) >= 11 is 0. The van der Waals surface area contributed by atoms with Gasteiger partial charge in [0, 0.05) is 47.5 Å². The predicted octanol–water partition coefficient (Wildman–Crippen LogP) is 10.7. The minimum absolute atomic E-state index is 0.0779. The van der Waals surface area contributed by atoms with Gasteiger partial charge in [0.15, 0.2) is 0 Å². The van der Waals surface area contributed by atoms with Crippen LogP contribution in [0, 0.1) is 23.7 Å². The molecule has 0 saturated carbocycles. The number of hydrogen-bond donors (Lipinski definition) is 2. The van der Waals surface area contributed by atoms with Gasteiger partial charge >= 0.3 is 0 Å². The summed E-state index contributed by atoms with van der Waals surface area (Å²) in [6, 6.07) is 10.4. The highest BCUT2D eigenvalue weighted by Gasteiger charge is 2.08. The molecule has 0 amide bonds. The zero-order valence-electron chi connectivity index (χ0n) is 28.4. The van der Waals surface area contributed by atoms with Crippen molar-refractivity contribution in [2.45, 2.75) is 129 Å². The lowest BCUT2D eigenvalue weighted by Gasteiger charge is -2.00. The van der Waals surface area contributed by atoms with Crippen LogP contribution >= 0.6 is 0 Å². The number of hydrogen-bond acceptors (Lipinski definition) is 7. The van der Waals surface area contributed by atoms with Gasteiger partial charge in [-0.2, -0.15) is 0 Å². The van der Waals surface area contributed by atoms with Gasteiger partial charge < -0.3 is 10.2 Å². The van der Waals surface area contributed by atoms with Crippen molar-refractivity contribution in [3.05, 3.63) is 58.7 Å². The number of aliphatic imine (C=N–C) groups is 2. The van der Waals surface area contributed by atoms with E-state index in [4.69, 9.17) is 4.63 Å². The van der Waals surface area contributed by atoms with E-state index < -0.39 is 0 Å². The molecule has 3 rings (SSSR count). The summed E-state index contributed by atoms with van der Waals surface area (Å²) in [6.45, 7) is 4.49. The Kier molecular flexibility index (Phi) is 18.2. The number of aromatic hydroxyl groups is 2. The number of phenols is 2. The van der Waals surface area contributed by atoms with Crippen LogP contribution in [0.3, 0.4) is 0 Å². The lowest BCUT2D eigenvalue weighted by Crippen LogP contribution is -1.86. The summed E-state index contributed by atoms with van der Waals surface area (Å²) < 4.78 is 4.87. The number of unbranched alkanes of at least 4 members (excludes halogenated alkanes) is 16. The van der Waals surface area contributed by atoms with E-state index in [9.17, 15) is 10.2 Å². The lowest BCUT2D eigenvalue weighted by molar-refractivity contribution is 0.309. The Balaban J connectivity index is 1.51. The Bertz CT molecular complexity index is 1410. The molecule has 0 aliphatic rings. The highest BCUT2D eigenvalue weighted by Crippen LogP contribution is 2.25. The molecule has 0 aliphatic carbocycles. The second-order valence-electron chi connectivity index (χ2n) is 12.0. The molecule has 2 aromatic carbocycles. The highest BCUT2D eigenvalue weighted by atomic mass is 16.6. The molecule has 0 fully saturated rings. The van der Waals surface area contributed by atoms with Crippen molar-refractivity contribution in [2.24, 2.45) is 9.98 Å². The van der Waals surface area contributed by atoms with E-state index in [1.54, 1.807) is 36.4 Å². The van der Waals surface area contributed by atoms with Crippen LogP contribution < -0.4 is 0 Å². The van der Waals surface area contributed by atoms with Crippen molar-refractivity contribution in [3.8, 4) is 35.2 Å². The summed E-state index contributed by atoms with van der Waals surface area (Å²) in [6.07, 6.45) is 25.1. The molecule has 0 bridgehead atoms. The van der Waals surface area contributed by atoms with E-state index in [2.05, 4.69) is 57.8 Å². The summed E-state index contributed by atoms with van der Waals surface area (Å²) in [7, 11) is 0. The van der Waals surface area contributed by atoms with Crippen LogP contribution in [0.1, 0.15) is 152 Å². The molecule has 250 valence electrons. The Morgan fingerprint density at radius 1 is 0.574 bits per heavy atom. The van der Waals surface area contributed by atoms with E-state index >= 15 is 0 Å². The molecule has 47 heavy (non-hydrogen) atoms. The van der Waals surface area contributed by atoms with Crippen LogP contribution in [0.5, 0.6) is 11.5 Å². The SMILES string of the molecule is CCCCCCCCCCC#Cc1ccc(O)c(C=Nc2nonc2N=Cc2cc(C#CCCCCCCCCCC)ccc2O)c1. The maximum atomic E-state index is 10.4. The van der Waals surface area contributed by atoms with E-state index in [0.717, 1.165) is 36.8 Å². The van der Waals surface area contributed by atoms with Crippen LogP contribution in [0.4, 0.5) is 11.6 Å². The fourth-order valence-electron chi connectivity index (χ4n) is 5.10. The first-order chi connectivity index (χ1) is 23.1. The van der Waals surface area contributed by atoms with Crippen molar-refractivity contribution < 1.29 is 14.8 Å². The fraction of sp³-hybridized carbons (Fsp3) is 0.500. The van der Waals surface area contributed by atoms with Gasteiger partial charge in [-0.3, -0.25) is 0 Å². The van der Waals surface area contributed by atoms with Gasteiger partial charge in [0.2, 0.25) is 11.6 Å². The molecule has 0 aliphatic heterocycles. The van der Waals surface area contributed by atoms with Crippen molar-refractivity contribution >= 4 is 24.1 Å². The average Bonchev–Trinajstić information content (AvgIpc) is 3.53. The minimum Gasteiger partial charge on any atom is -0.507 e. The Hall–Kier alpha value is -4.36. The van der Waals surface area contributed by atoms with E-state index in [1.165, 1.54) is 102 Å². The van der Waals surface area contributed by atoms with Crippen LogP contribution in [0.15, 0.2) is 51.0 Å². The Labute approximate surface area is 282 Å². The molecule has 7 heteroatoms. The normalized spacial score (nSPS) is 11.1. The maximum absolute atomic E-state index is 10.4. The first-order valence-electron chi connectivity index (χ1n) is 17.6. The first-order valence-corrected chi connectivity index (χ1v) is 17.6. The predicted molar refractivity (Wildman–Crippen MR) is 193 cm³/mol. The van der Waals surface area contributed by atoms with Gasteiger partial charge in [-0.15, -0.1) is 0 Å². The lowest BCUT2D eigenvalue weighted by atomic mass is 10.1. The van der Waals surface area contributed by atoms with Crippen molar-refractivity contribution in [1.82, 2.24) is 10.3 Å². The third-order valence-corrected chi connectivity index (χ3v) is 7.94. The maximum Gasteiger partial charge on any atom is 0.243 e. The van der Waals surface area contributed by atoms with Crippen LogP contribution in [0.25, 0.3) is 0 Å². The monoisotopic (exact) mass is 636 g/mol. The number of aromatic nitrogens is 2. The summed E-state index contributed by atoms with van der Waals surface area (Å²) in [5.41, 5.74) is 2.60. The van der Waals surface area contributed by atoms with Crippen LogP contribution in [-0.4, -0.2) is 33.0 Å². The largest absolute Gasteiger partial charge is 0.507 e. The number of rotatable bonds is 20. The molecular formula is C40H52N4O3. The van der Waals surface area contributed by atoms with Crippen molar-refractivity contribution in [1.29, 1.82) is 0 Å². The van der Waals surface area contributed by atoms with Gasteiger partial charge in [-0.05, 0) is 59.6 Å².